The minimum atomic E-state index is -1.13. The molecule has 0 aliphatic heterocycles. The molecule has 0 aliphatic carbocycles. The van der Waals surface area contributed by atoms with E-state index in [-0.39, 0.29) is 42.7 Å². The maximum absolute atomic E-state index is 12.7. The van der Waals surface area contributed by atoms with Gasteiger partial charge in [0.2, 0.25) is 0 Å². The van der Waals surface area contributed by atoms with Crippen LogP contribution in [0.1, 0.15) is 174 Å². The van der Waals surface area contributed by atoms with Gasteiger partial charge in [0.1, 0.15) is 12.6 Å². The topological polar surface area (TPSA) is 102 Å². The highest BCUT2D eigenvalue weighted by Gasteiger charge is 2.25. The van der Waals surface area contributed by atoms with E-state index >= 15 is 0 Å². The second-order valence-corrected chi connectivity index (χ2v) is 16.0. The third-order valence-corrected chi connectivity index (χ3v) is 9.72. The Kier molecular flexibility index (Phi) is 36.8. The number of rotatable bonds is 39. The summed E-state index contributed by atoms with van der Waals surface area (Å²) >= 11 is 0. The summed E-state index contributed by atoms with van der Waals surface area (Å²) in [6, 6.07) is -0.734. The lowest BCUT2D eigenvalue weighted by atomic mass is 10.1. The summed E-state index contributed by atoms with van der Waals surface area (Å²) in [5.74, 6) is -1.79. The molecule has 2 unspecified atom stereocenters. The first-order valence-corrected chi connectivity index (χ1v) is 22.4. The predicted octanol–water partition coefficient (Wildman–Crippen LogP) is 10.9. The molecule has 0 aromatic heterocycles. The van der Waals surface area contributed by atoms with E-state index < -0.39 is 18.1 Å². The Morgan fingerprint density at radius 1 is 0.536 bits per heavy atom. The Bertz CT molecular complexity index is 1100. The predicted molar refractivity (Wildman–Crippen MR) is 231 cm³/mol. The van der Waals surface area contributed by atoms with Gasteiger partial charge < -0.3 is 28.6 Å². The molecule has 8 nitrogen and oxygen atoms in total. The lowest BCUT2D eigenvalue weighted by Gasteiger charge is -2.34. The van der Waals surface area contributed by atoms with Crippen molar-refractivity contribution in [2.45, 2.75) is 187 Å². The SMILES string of the molecule is CCCCC/C=C/C=C/C=C/C=C/CCCCCCCC(=O)OC(COCCC(C(=O)[O-])[N+](C)(C)C)COC(=O)CCCCC/C=C/CCCCCCCCC. The van der Waals surface area contributed by atoms with Crippen molar-refractivity contribution >= 4 is 17.9 Å². The van der Waals surface area contributed by atoms with Crippen LogP contribution in [0.5, 0.6) is 0 Å². The average Bonchev–Trinajstić information content (AvgIpc) is 3.15. The molecule has 322 valence electrons. The number of unbranched alkanes of at least 4 members (excludes halogenated alkanes) is 18. The van der Waals surface area contributed by atoms with Gasteiger partial charge in [-0.25, -0.2) is 0 Å². The molecule has 56 heavy (non-hydrogen) atoms. The number of aliphatic carboxylic acids is 1. The van der Waals surface area contributed by atoms with Crippen LogP contribution in [0.15, 0.2) is 60.8 Å². The van der Waals surface area contributed by atoms with E-state index in [0.717, 1.165) is 77.0 Å². The van der Waals surface area contributed by atoms with Crippen molar-refractivity contribution < 1.29 is 38.2 Å². The quantitative estimate of drug-likeness (QED) is 0.0201. The van der Waals surface area contributed by atoms with Gasteiger partial charge in [0.25, 0.3) is 0 Å². The minimum absolute atomic E-state index is 0.0241. The molecule has 0 amide bonds. The molecule has 0 heterocycles. The van der Waals surface area contributed by atoms with Crippen molar-refractivity contribution in [1.29, 1.82) is 0 Å². The van der Waals surface area contributed by atoms with Crippen LogP contribution in [0.2, 0.25) is 0 Å². The highest BCUT2D eigenvalue weighted by Crippen LogP contribution is 2.13. The van der Waals surface area contributed by atoms with Crippen LogP contribution < -0.4 is 5.11 Å². The number of ether oxygens (including phenoxy) is 3. The maximum atomic E-state index is 12.7. The van der Waals surface area contributed by atoms with Gasteiger partial charge in [0, 0.05) is 19.3 Å². The molecule has 0 aliphatic rings. The van der Waals surface area contributed by atoms with Crippen LogP contribution >= 0.6 is 0 Å². The van der Waals surface area contributed by atoms with Crippen LogP contribution in [-0.4, -0.2) is 75.5 Å². The number of likely N-dealkylation sites (N-methyl/N-ethyl adjacent to an activating group) is 1. The zero-order valence-corrected chi connectivity index (χ0v) is 36.5. The second kappa shape index (κ2) is 38.9. The molecule has 8 heteroatoms. The number of esters is 2. The number of hydrogen-bond acceptors (Lipinski definition) is 7. The third-order valence-electron chi connectivity index (χ3n) is 9.72. The molecule has 2 atom stereocenters. The van der Waals surface area contributed by atoms with E-state index in [4.69, 9.17) is 14.2 Å². The molecule has 0 fully saturated rings. The van der Waals surface area contributed by atoms with Crippen LogP contribution in [-0.2, 0) is 28.6 Å². The molecule has 0 saturated carbocycles. The smallest absolute Gasteiger partial charge is 0.306 e. The fourth-order valence-electron chi connectivity index (χ4n) is 6.19. The van der Waals surface area contributed by atoms with Gasteiger partial charge >= 0.3 is 11.9 Å². The molecular formula is C48H83NO7. The Balaban J connectivity index is 4.43. The largest absolute Gasteiger partial charge is 0.544 e. The van der Waals surface area contributed by atoms with E-state index in [9.17, 15) is 19.5 Å². The Hall–Kier alpha value is -2.97. The highest BCUT2D eigenvalue weighted by atomic mass is 16.6. The fraction of sp³-hybridized carbons (Fsp3) is 0.729. The van der Waals surface area contributed by atoms with Crippen molar-refractivity contribution in [3.05, 3.63) is 60.8 Å². The number of nitrogens with zero attached hydrogens (tertiary/aromatic N) is 1. The van der Waals surface area contributed by atoms with E-state index in [1.165, 1.54) is 64.2 Å². The summed E-state index contributed by atoms with van der Waals surface area (Å²) in [6.45, 7) is 4.57. The standard InChI is InChI=1S/C48H83NO7/c1-6-8-10-12-14-16-18-20-22-23-24-25-27-29-31-33-35-37-39-47(51)56-44(42-54-41-40-45(48(52)53)49(3,4)5)43-55-46(50)38-36-34-32-30-28-26-21-19-17-15-13-11-9-7-2/h14,16,18,20,22-26,28,44-45H,6-13,15,17,19,21,27,29-43H2,1-5H3/b16-14+,20-18+,23-22+,25-24+,28-26+. The van der Waals surface area contributed by atoms with E-state index in [1.807, 2.05) is 6.08 Å². The molecule has 0 bridgehead atoms. The first kappa shape index (κ1) is 53.0. The Morgan fingerprint density at radius 3 is 1.50 bits per heavy atom. The number of carboxylic acids is 1. The molecule has 0 spiro atoms. The van der Waals surface area contributed by atoms with Gasteiger partial charge in [0.15, 0.2) is 6.10 Å². The van der Waals surface area contributed by atoms with E-state index in [0.29, 0.717) is 12.8 Å². The molecule has 0 rings (SSSR count). The normalized spacial score (nSPS) is 13.5. The first-order chi connectivity index (χ1) is 27.1. The number of allylic oxidation sites excluding steroid dienone is 10. The van der Waals surface area contributed by atoms with E-state index in [1.54, 1.807) is 21.1 Å². The van der Waals surface area contributed by atoms with Crippen molar-refractivity contribution in [3.8, 4) is 0 Å². The first-order valence-electron chi connectivity index (χ1n) is 22.4. The Labute approximate surface area is 343 Å². The van der Waals surface area contributed by atoms with Crippen molar-refractivity contribution in [2.75, 3.05) is 41.0 Å². The van der Waals surface area contributed by atoms with Gasteiger partial charge in [-0.05, 0) is 64.2 Å². The number of hydrogen-bond donors (Lipinski definition) is 0. The average molecular weight is 786 g/mol. The third kappa shape index (κ3) is 36.7. The number of quaternary nitrogens is 1. The lowest BCUT2D eigenvalue weighted by molar-refractivity contribution is -0.889. The number of carbonyl (C=O) groups is 3. The number of carbonyl (C=O) groups excluding carboxylic acids is 3. The number of carboxylic acid groups (broad SMARTS) is 1. The summed E-state index contributed by atoms with van der Waals surface area (Å²) < 4.78 is 17.1. The monoisotopic (exact) mass is 786 g/mol. The second-order valence-electron chi connectivity index (χ2n) is 16.0. The molecule has 0 N–H and O–H groups in total. The summed E-state index contributed by atoms with van der Waals surface area (Å²) in [4.78, 5) is 36.8. The zero-order valence-electron chi connectivity index (χ0n) is 36.5. The molecule has 0 aromatic rings. The van der Waals surface area contributed by atoms with Gasteiger partial charge in [-0.15, -0.1) is 0 Å². The molecule has 0 radical (unpaired) electrons. The van der Waals surface area contributed by atoms with Crippen LogP contribution in [0, 0.1) is 0 Å². The fourth-order valence-corrected chi connectivity index (χ4v) is 6.19. The van der Waals surface area contributed by atoms with Gasteiger partial charge in [-0.2, -0.15) is 0 Å². The minimum Gasteiger partial charge on any atom is -0.544 e. The summed E-state index contributed by atoms with van der Waals surface area (Å²) in [5, 5.41) is 11.6. The van der Waals surface area contributed by atoms with Crippen LogP contribution in [0.4, 0.5) is 0 Å². The van der Waals surface area contributed by atoms with Gasteiger partial charge in [-0.1, -0.05) is 152 Å². The molecule has 0 aromatic carbocycles. The van der Waals surface area contributed by atoms with Gasteiger partial charge in [-0.3, -0.25) is 9.59 Å². The summed E-state index contributed by atoms with van der Waals surface area (Å²) in [6.07, 6.45) is 46.6. The molecule has 0 saturated heterocycles. The lowest BCUT2D eigenvalue weighted by Crippen LogP contribution is -2.55. The maximum Gasteiger partial charge on any atom is 0.306 e. The zero-order chi connectivity index (χ0) is 41.4. The van der Waals surface area contributed by atoms with Crippen molar-refractivity contribution in [2.24, 2.45) is 0 Å². The van der Waals surface area contributed by atoms with Crippen molar-refractivity contribution in [1.82, 2.24) is 0 Å². The van der Waals surface area contributed by atoms with Crippen LogP contribution in [0.25, 0.3) is 0 Å². The van der Waals surface area contributed by atoms with Crippen molar-refractivity contribution in [3.63, 3.8) is 0 Å². The summed E-state index contributed by atoms with van der Waals surface area (Å²) in [7, 11) is 5.39. The Morgan fingerprint density at radius 2 is 0.964 bits per heavy atom. The summed E-state index contributed by atoms with van der Waals surface area (Å²) in [5.41, 5.74) is 0. The molecular weight excluding hydrogens is 703 g/mol. The van der Waals surface area contributed by atoms with E-state index in [2.05, 4.69) is 68.5 Å². The van der Waals surface area contributed by atoms with Crippen LogP contribution in [0.3, 0.4) is 0 Å². The van der Waals surface area contributed by atoms with Gasteiger partial charge in [0.05, 0.1) is 40.3 Å². The highest BCUT2D eigenvalue weighted by molar-refractivity contribution is 5.70.